The number of hydrogen-bond donors (Lipinski definition) is 2. The number of anilines is 1. The van der Waals surface area contributed by atoms with E-state index in [2.05, 4.69) is 15.4 Å². The molecule has 0 radical (unpaired) electrons. The molecule has 0 aliphatic rings. The molecule has 0 saturated carbocycles. The van der Waals surface area contributed by atoms with Gasteiger partial charge in [0.2, 0.25) is 11.8 Å². The molecule has 1 heterocycles. The zero-order valence-electron chi connectivity index (χ0n) is 12.0. The Bertz CT molecular complexity index is 565. The van der Waals surface area contributed by atoms with Gasteiger partial charge in [0.1, 0.15) is 6.61 Å². The lowest BCUT2D eigenvalue weighted by Gasteiger charge is -2.10. The first-order chi connectivity index (χ1) is 10.3. The summed E-state index contributed by atoms with van der Waals surface area (Å²) in [5, 5.41) is 0.843. The largest absolute Gasteiger partial charge is 0.475 e. The number of ether oxygens (including phenoxy) is 3. The third kappa shape index (κ3) is 4.52. The number of para-hydroxylation sites is 1. The van der Waals surface area contributed by atoms with Crippen LogP contribution < -0.4 is 16.0 Å². The van der Waals surface area contributed by atoms with E-state index in [0.717, 1.165) is 17.3 Å². The molecule has 7 heteroatoms. The zero-order valence-corrected chi connectivity index (χ0v) is 12.0. The molecule has 0 amide bonds. The Morgan fingerprint density at radius 2 is 1.95 bits per heavy atom. The average Bonchev–Trinajstić information content (AvgIpc) is 2.53. The fourth-order valence-corrected chi connectivity index (χ4v) is 1.83. The second-order valence-electron chi connectivity index (χ2n) is 4.32. The molecule has 0 aliphatic heterocycles. The van der Waals surface area contributed by atoms with E-state index in [0.29, 0.717) is 38.3 Å². The number of nitrogens with one attached hydrogen (secondary N) is 1. The molecule has 0 aliphatic carbocycles. The molecule has 2 rings (SSSR count). The summed E-state index contributed by atoms with van der Waals surface area (Å²) in [6.45, 7) is 2.26. The van der Waals surface area contributed by atoms with Crippen LogP contribution in [-0.2, 0) is 9.47 Å². The van der Waals surface area contributed by atoms with Crippen molar-refractivity contribution in [3.63, 3.8) is 0 Å². The Balaban J connectivity index is 1.91. The fourth-order valence-electron chi connectivity index (χ4n) is 1.83. The molecule has 3 N–H and O–H groups in total. The summed E-state index contributed by atoms with van der Waals surface area (Å²) in [6, 6.07) is 7.60. The Morgan fingerprint density at radius 1 is 1.10 bits per heavy atom. The van der Waals surface area contributed by atoms with Crippen LogP contribution in [-0.4, -0.2) is 43.5 Å². The number of methoxy groups -OCH3 is 1. The lowest BCUT2D eigenvalue weighted by molar-refractivity contribution is 0.0800. The number of nitrogen functional groups attached to an aromatic ring is 1. The number of hydrazine groups is 1. The molecule has 0 saturated heterocycles. The van der Waals surface area contributed by atoms with Crippen LogP contribution >= 0.6 is 0 Å². The van der Waals surface area contributed by atoms with Crippen molar-refractivity contribution in [2.45, 2.75) is 6.42 Å². The smallest absolute Gasteiger partial charge is 0.241 e. The van der Waals surface area contributed by atoms with Crippen LogP contribution in [0, 0.1) is 0 Å². The summed E-state index contributed by atoms with van der Waals surface area (Å²) in [5.74, 6) is 6.18. The fraction of sp³-hybridized carbons (Fsp3) is 0.429. The van der Waals surface area contributed by atoms with Crippen LogP contribution in [0.2, 0.25) is 0 Å². The minimum atomic E-state index is 0.324. The standard InChI is InChI=1S/C14H20N4O3/c1-19-7-4-8-20-9-10-21-13-11-5-2-3-6-12(11)16-14(17-13)18-15/h2-3,5-6H,4,7-10,15H2,1H3,(H,16,17,18). The van der Waals surface area contributed by atoms with Gasteiger partial charge in [-0.1, -0.05) is 12.1 Å². The number of nitrogens with two attached hydrogens (primary N) is 1. The lowest BCUT2D eigenvalue weighted by atomic mass is 10.2. The number of rotatable bonds is 9. The van der Waals surface area contributed by atoms with Crippen molar-refractivity contribution in [2.75, 3.05) is 39.0 Å². The summed E-state index contributed by atoms with van der Waals surface area (Å²) in [4.78, 5) is 8.48. The predicted molar refractivity (Wildman–Crippen MR) is 80.2 cm³/mol. The first kappa shape index (κ1) is 15.4. The van der Waals surface area contributed by atoms with Crippen molar-refractivity contribution >= 4 is 16.9 Å². The van der Waals surface area contributed by atoms with Crippen molar-refractivity contribution in [2.24, 2.45) is 5.84 Å². The molecular formula is C14H20N4O3. The Kier molecular flexibility index (Phi) is 6.14. The topological polar surface area (TPSA) is 91.5 Å². The van der Waals surface area contributed by atoms with Gasteiger partial charge in [0.25, 0.3) is 0 Å². The van der Waals surface area contributed by atoms with E-state index >= 15 is 0 Å². The van der Waals surface area contributed by atoms with E-state index in [1.807, 2.05) is 24.3 Å². The minimum absolute atomic E-state index is 0.324. The number of aromatic nitrogens is 2. The maximum Gasteiger partial charge on any atom is 0.241 e. The third-order valence-electron chi connectivity index (χ3n) is 2.80. The van der Waals surface area contributed by atoms with E-state index < -0.39 is 0 Å². The highest BCUT2D eigenvalue weighted by Gasteiger charge is 2.07. The minimum Gasteiger partial charge on any atom is -0.475 e. The summed E-state index contributed by atoms with van der Waals surface area (Å²) < 4.78 is 16.0. The molecule has 0 bridgehead atoms. The van der Waals surface area contributed by atoms with Gasteiger partial charge in [0.05, 0.1) is 17.5 Å². The normalized spacial score (nSPS) is 10.8. The van der Waals surface area contributed by atoms with Gasteiger partial charge in [0, 0.05) is 20.3 Å². The molecule has 0 atom stereocenters. The van der Waals surface area contributed by atoms with Crippen molar-refractivity contribution in [3.8, 4) is 5.88 Å². The van der Waals surface area contributed by atoms with Crippen LogP contribution in [0.15, 0.2) is 24.3 Å². The van der Waals surface area contributed by atoms with Gasteiger partial charge in [0.15, 0.2) is 0 Å². The van der Waals surface area contributed by atoms with Crippen LogP contribution in [0.3, 0.4) is 0 Å². The zero-order chi connectivity index (χ0) is 14.9. The predicted octanol–water partition coefficient (Wildman–Crippen LogP) is 1.35. The van der Waals surface area contributed by atoms with E-state index in [1.54, 1.807) is 7.11 Å². The third-order valence-corrected chi connectivity index (χ3v) is 2.80. The molecule has 0 fully saturated rings. The van der Waals surface area contributed by atoms with Gasteiger partial charge in [-0.05, 0) is 18.6 Å². The maximum atomic E-state index is 5.67. The quantitative estimate of drug-likeness (QED) is 0.409. The highest BCUT2D eigenvalue weighted by Crippen LogP contribution is 2.23. The van der Waals surface area contributed by atoms with E-state index in [1.165, 1.54) is 0 Å². The maximum absolute atomic E-state index is 5.67. The van der Waals surface area contributed by atoms with Crippen molar-refractivity contribution in [1.29, 1.82) is 0 Å². The van der Waals surface area contributed by atoms with E-state index in [-0.39, 0.29) is 0 Å². The summed E-state index contributed by atoms with van der Waals surface area (Å²) >= 11 is 0. The van der Waals surface area contributed by atoms with Gasteiger partial charge >= 0.3 is 0 Å². The highest BCUT2D eigenvalue weighted by molar-refractivity contribution is 5.84. The molecular weight excluding hydrogens is 272 g/mol. The van der Waals surface area contributed by atoms with E-state index in [4.69, 9.17) is 20.1 Å². The number of nitrogens with zero attached hydrogens (tertiary/aromatic N) is 2. The summed E-state index contributed by atoms with van der Waals surface area (Å²) in [6.07, 6.45) is 0.869. The number of benzene rings is 1. The monoisotopic (exact) mass is 292 g/mol. The average molecular weight is 292 g/mol. The lowest BCUT2D eigenvalue weighted by Crippen LogP contribution is -2.13. The van der Waals surface area contributed by atoms with Crippen LogP contribution in [0.4, 0.5) is 5.95 Å². The van der Waals surface area contributed by atoms with Crippen LogP contribution in [0.5, 0.6) is 5.88 Å². The van der Waals surface area contributed by atoms with Gasteiger partial charge in [-0.2, -0.15) is 4.98 Å². The molecule has 114 valence electrons. The van der Waals surface area contributed by atoms with Crippen molar-refractivity contribution < 1.29 is 14.2 Å². The molecule has 1 aromatic carbocycles. The second-order valence-corrected chi connectivity index (χ2v) is 4.32. The number of fused-ring (bicyclic) bond motifs is 1. The van der Waals surface area contributed by atoms with E-state index in [9.17, 15) is 0 Å². The van der Waals surface area contributed by atoms with Gasteiger partial charge < -0.3 is 14.2 Å². The molecule has 7 nitrogen and oxygen atoms in total. The molecule has 21 heavy (non-hydrogen) atoms. The molecule has 1 aromatic heterocycles. The van der Waals surface area contributed by atoms with Crippen molar-refractivity contribution in [3.05, 3.63) is 24.3 Å². The van der Waals surface area contributed by atoms with Crippen LogP contribution in [0.1, 0.15) is 6.42 Å². The molecule has 0 unspecified atom stereocenters. The Hall–Kier alpha value is -1.96. The first-order valence-corrected chi connectivity index (χ1v) is 6.78. The van der Waals surface area contributed by atoms with Crippen LogP contribution in [0.25, 0.3) is 10.9 Å². The SMILES string of the molecule is COCCCOCCOc1nc(NN)nc2ccccc12. The molecule has 0 spiro atoms. The van der Waals surface area contributed by atoms with Gasteiger partial charge in [-0.3, -0.25) is 5.43 Å². The van der Waals surface area contributed by atoms with Gasteiger partial charge in [-0.15, -0.1) is 0 Å². The van der Waals surface area contributed by atoms with Crippen molar-refractivity contribution in [1.82, 2.24) is 9.97 Å². The summed E-state index contributed by atoms with van der Waals surface area (Å²) in [7, 11) is 1.67. The second kappa shape index (κ2) is 8.35. The number of hydrogen-bond acceptors (Lipinski definition) is 7. The first-order valence-electron chi connectivity index (χ1n) is 6.78. The highest BCUT2D eigenvalue weighted by atomic mass is 16.5. The Morgan fingerprint density at radius 3 is 2.76 bits per heavy atom. The molecule has 2 aromatic rings. The summed E-state index contributed by atoms with van der Waals surface area (Å²) in [5.41, 5.74) is 3.21. The van der Waals surface area contributed by atoms with Gasteiger partial charge in [-0.25, -0.2) is 10.8 Å². The Labute approximate surface area is 123 Å².